The van der Waals surface area contributed by atoms with Crippen LogP contribution in [0.25, 0.3) is 6.08 Å². The summed E-state index contributed by atoms with van der Waals surface area (Å²) in [4.78, 5) is 13.1. The van der Waals surface area contributed by atoms with Gasteiger partial charge in [0.1, 0.15) is 11.6 Å². The molecule has 1 aromatic carbocycles. The molecule has 0 fully saturated rings. The fourth-order valence-electron chi connectivity index (χ4n) is 2.91. The fourth-order valence-corrected chi connectivity index (χ4v) is 3.68. The molecule has 0 unspecified atom stereocenters. The smallest absolute Gasteiger partial charge is 0.346 e. The molecule has 0 amide bonds. The zero-order chi connectivity index (χ0) is 18.4. The lowest BCUT2D eigenvalue weighted by Crippen LogP contribution is -2.23. The minimum atomic E-state index is -1.22. The molecule has 130 valence electrons. The summed E-state index contributed by atoms with van der Waals surface area (Å²) >= 11 is 1.76. The Morgan fingerprint density at radius 3 is 2.88 bits per heavy atom. The number of aliphatic carboxylic acids is 1. The van der Waals surface area contributed by atoms with Gasteiger partial charge in [0, 0.05) is 12.2 Å². The van der Waals surface area contributed by atoms with Gasteiger partial charge in [0.05, 0.1) is 5.00 Å². The van der Waals surface area contributed by atoms with Gasteiger partial charge in [-0.25, -0.2) is 4.79 Å². The average molecular weight is 362 g/mol. The molecule has 1 aliphatic rings. The molecule has 26 heavy (non-hydrogen) atoms. The third kappa shape index (κ3) is 4.11. The standard InChI is InChI=1S/C21H18N2O2S/c22-15-18(21(24)25)7-3-1-2-6-16-10-11-19-17(14-16)8-4-12-23(19)20-9-5-13-26-20/h1-3,5-7,9-11,13-14H,4,8,12H2,(H,24,25)/b3-1+,6-2+,18-7+. The molecule has 0 saturated heterocycles. The maximum absolute atomic E-state index is 10.7. The van der Waals surface area contributed by atoms with Crippen molar-refractivity contribution in [3.8, 4) is 6.07 Å². The number of aryl methyl sites for hydroxylation is 1. The van der Waals surface area contributed by atoms with Crippen LogP contribution >= 0.6 is 11.3 Å². The Bertz CT molecular complexity index is 918. The maximum Gasteiger partial charge on any atom is 0.346 e. The number of rotatable bonds is 5. The number of fused-ring (bicyclic) bond motifs is 1. The van der Waals surface area contributed by atoms with Gasteiger partial charge in [-0.2, -0.15) is 5.26 Å². The van der Waals surface area contributed by atoms with Gasteiger partial charge in [-0.15, -0.1) is 11.3 Å². The summed E-state index contributed by atoms with van der Waals surface area (Å²) in [7, 11) is 0. The zero-order valence-electron chi connectivity index (χ0n) is 14.1. The molecular weight excluding hydrogens is 344 g/mol. The molecule has 0 atom stereocenters. The number of carbonyl (C=O) groups is 1. The van der Waals surface area contributed by atoms with Gasteiger partial charge in [-0.05, 0) is 59.7 Å². The van der Waals surface area contributed by atoms with Crippen LogP contribution in [-0.2, 0) is 11.2 Å². The van der Waals surface area contributed by atoms with E-state index in [2.05, 4.69) is 40.6 Å². The Balaban J connectivity index is 1.73. The summed E-state index contributed by atoms with van der Waals surface area (Å²) in [6.45, 7) is 1.04. The molecule has 2 aromatic rings. The van der Waals surface area contributed by atoms with E-state index in [1.807, 2.05) is 12.2 Å². The van der Waals surface area contributed by atoms with E-state index in [0.29, 0.717) is 0 Å². The second-order valence-electron chi connectivity index (χ2n) is 5.84. The Labute approximate surface area is 156 Å². The molecule has 1 N–H and O–H groups in total. The molecule has 0 spiro atoms. The van der Waals surface area contributed by atoms with Crippen molar-refractivity contribution in [2.24, 2.45) is 0 Å². The number of hydrogen-bond acceptors (Lipinski definition) is 4. The van der Waals surface area contributed by atoms with Crippen molar-refractivity contribution in [3.63, 3.8) is 0 Å². The summed E-state index contributed by atoms with van der Waals surface area (Å²) in [6.07, 6.45) is 10.6. The molecule has 0 aliphatic carbocycles. The van der Waals surface area contributed by atoms with E-state index in [0.717, 1.165) is 24.9 Å². The lowest BCUT2D eigenvalue weighted by atomic mass is 9.99. The number of anilines is 2. The molecule has 4 nitrogen and oxygen atoms in total. The molecule has 0 bridgehead atoms. The molecule has 3 rings (SSSR count). The highest BCUT2D eigenvalue weighted by Gasteiger charge is 2.18. The average Bonchev–Trinajstić information content (AvgIpc) is 3.18. The summed E-state index contributed by atoms with van der Waals surface area (Å²) in [6, 6.07) is 12.3. The fraction of sp³-hybridized carbons (Fsp3) is 0.143. The van der Waals surface area contributed by atoms with Gasteiger partial charge in [0.2, 0.25) is 0 Å². The first-order chi connectivity index (χ1) is 12.7. The van der Waals surface area contributed by atoms with Gasteiger partial charge >= 0.3 is 5.97 Å². The van der Waals surface area contributed by atoms with Crippen LogP contribution in [0.4, 0.5) is 10.7 Å². The lowest BCUT2D eigenvalue weighted by Gasteiger charge is -2.30. The molecular formula is C21H18N2O2S. The Kier molecular flexibility index (Phi) is 5.67. The summed E-state index contributed by atoms with van der Waals surface area (Å²) < 4.78 is 0. The highest BCUT2D eigenvalue weighted by molar-refractivity contribution is 7.14. The minimum absolute atomic E-state index is 0.280. The van der Waals surface area contributed by atoms with E-state index < -0.39 is 5.97 Å². The van der Waals surface area contributed by atoms with Crippen molar-refractivity contribution in [3.05, 3.63) is 76.7 Å². The maximum atomic E-state index is 10.7. The van der Waals surface area contributed by atoms with Crippen molar-refractivity contribution >= 4 is 34.1 Å². The van der Waals surface area contributed by atoms with Crippen LogP contribution in [0.15, 0.2) is 65.6 Å². The van der Waals surface area contributed by atoms with Crippen LogP contribution in [0, 0.1) is 11.3 Å². The van der Waals surface area contributed by atoms with Crippen molar-refractivity contribution in [1.29, 1.82) is 5.26 Å². The quantitative estimate of drug-likeness (QED) is 0.465. The number of allylic oxidation sites excluding steroid dienone is 4. The zero-order valence-corrected chi connectivity index (χ0v) is 14.9. The summed E-state index contributed by atoms with van der Waals surface area (Å²) in [5, 5.41) is 20.8. The first-order valence-electron chi connectivity index (χ1n) is 8.31. The number of hydrogen-bond donors (Lipinski definition) is 1. The SMILES string of the molecule is N#C\C(=C/C=C/C=C/c1ccc2c(c1)CCCN2c1cccs1)C(=O)O. The molecule has 0 saturated carbocycles. The normalized spacial score (nSPS) is 14.6. The molecule has 5 heteroatoms. The van der Waals surface area contributed by atoms with E-state index in [9.17, 15) is 4.79 Å². The largest absolute Gasteiger partial charge is 0.477 e. The van der Waals surface area contributed by atoms with Crippen LogP contribution in [0.5, 0.6) is 0 Å². The second kappa shape index (κ2) is 8.32. The molecule has 2 heterocycles. The van der Waals surface area contributed by atoms with Crippen LogP contribution < -0.4 is 4.90 Å². The van der Waals surface area contributed by atoms with Crippen LogP contribution in [-0.4, -0.2) is 17.6 Å². The lowest BCUT2D eigenvalue weighted by molar-refractivity contribution is -0.132. The first-order valence-corrected chi connectivity index (χ1v) is 9.19. The van der Waals surface area contributed by atoms with Gasteiger partial charge in [-0.3, -0.25) is 0 Å². The Morgan fingerprint density at radius 2 is 2.15 bits per heavy atom. The number of benzene rings is 1. The van der Waals surface area contributed by atoms with Crippen molar-refractivity contribution in [2.45, 2.75) is 12.8 Å². The minimum Gasteiger partial charge on any atom is -0.477 e. The number of carboxylic acid groups (broad SMARTS) is 1. The third-order valence-electron chi connectivity index (χ3n) is 4.12. The Hall–Kier alpha value is -3.10. The monoisotopic (exact) mass is 362 g/mol. The number of thiophene rings is 1. The summed E-state index contributed by atoms with van der Waals surface area (Å²) in [5.41, 5.74) is 3.43. The predicted octanol–water partition coefficient (Wildman–Crippen LogP) is 4.94. The van der Waals surface area contributed by atoms with Gasteiger partial charge in [0.15, 0.2) is 0 Å². The van der Waals surface area contributed by atoms with Crippen LogP contribution in [0.1, 0.15) is 17.5 Å². The summed E-state index contributed by atoms with van der Waals surface area (Å²) in [5.74, 6) is -1.22. The van der Waals surface area contributed by atoms with Gasteiger partial charge < -0.3 is 10.0 Å². The van der Waals surface area contributed by atoms with Gasteiger partial charge in [-0.1, -0.05) is 30.4 Å². The number of carboxylic acids is 1. The number of nitrogens with zero attached hydrogens (tertiary/aromatic N) is 2. The predicted molar refractivity (Wildman–Crippen MR) is 106 cm³/mol. The number of nitriles is 1. The van der Waals surface area contributed by atoms with E-state index in [1.54, 1.807) is 29.6 Å². The van der Waals surface area contributed by atoms with E-state index in [-0.39, 0.29) is 5.57 Å². The molecule has 1 aromatic heterocycles. The van der Waals surface area contributed by atoms with Crippen molar-refractivity contribution in [1.82, 2.24) is 0 Å². The van der Waals surface area contributed by atoms with E-state index in [1.165, 1.54) is 22.3 Å². The topological polar surface area (TPSA) is 64.3 Å². The molecule has 0 radical (unpaired) electrons. The van der Waals surface area contributed by atoms with E-state index >= 15 is 0 Å². The van der Waals surface area contributed by atoms with Crippen molar-refractivity contribution in [2.75, 3.05) is 11.4 Å². The Morgan fingerprint density at radius 1 is 1.27 bits per heavy atom. The first kappa shape index (κ1) is 17.7. The molecule has 1 aliphatic heterocycles. The van der Waals surface area contributed by atoms with Crippen molar-refractivity contribution < 1.29 is 9.90 Å². The van der Waals surface area contributed by atoms with Crippen LogP contribution in [0.2, 0.25) is 0 Å². The third-order valence-corrected chi connectivity index (χ3v) is 5.01. The highest BCUT2D eigenvalue weighted by Crippen LogP contribution is 2.36. The van der Waals surface area contributed by atoms with E-state index in [4.69, 9.17) is 10.4 Å². The second-order valence-corrected chi connectivity index (χ2v) is 6.76. The highest BCUT2D eigenvalue weighted by atomic mass is 32.1. The van der Waals surface area contributed by atoms with Crippen LogP contribution in [0.3, 0.4) is 0 Å². The van der Waals surface area contributed by atoms with Gasteiger partial charge in [0.25, 0.3) is 0 Å².